The molecule has 0 aromatic heterocycles. The number of nitrogen functional groups attached to an aromatic ring is 1. The number of ketones is 1. The molecule has 94 valence electrons. The number of carbonyl (C=O) groups excluding carboxylic acids is 1. The Morgan fingerprint density at radius 2 is 2.12 bits per heavy atom. The van der Waals surface area contributed by atoms with Crippen LogP contribution in [0.4, 0.5) is 5.69 Å². The number of Topliss-reactive ketones (excluding diaryl/α,β-unsaturated/α-hetero) is 1. The van der Waals surface area contributed by atoms with E-state index in [0.29, 0.717) is 36.8 Å². The summed E-state index contributed by atoms with van der Waals surface area (Å²) in [6, 6.07) is 3.41. The van der Waals surface area contributed by atoms with Gasteiger partial charge in [-0.15, -0.1) is 0 Å². The van der Waals surface area contributed by atoms with E-state index >= 15 is 0 Å². The van der Waals surface area contributed by atoms with E-state index in [0.717, 1.165) is 4.47 Å². The van der Waals surface area contributed by atoms with Gasteiger partial charge in [-0.3, -0.25) is 4.79 Å². The van der Waals surface area contributed by atoms with E-state index < -0.39 is 0 Å². The van der Waals surface area contributed by atoms with Crippen molar-refractivity contribution < 1.29 is 14.3 Å². The molecule has 0 saturated carbocycles. The lowest BCUT2D eigenvalue weighted by atomic mass is 10.1. The highest BCUT2D eigenvalue weighted by Crippen LogP contribution is 2.31. The fourth-order valence-corrected chi connectivity index (χ4v) is 1.86. The van der Waals surface area contributed by atoms with E-state index in [1.807, 2.05) is 6.92 Å². The van der Waals surface area contributed by atoms with Crippen molar-refractivity contribution in [3.63, 3.8) is 0 Å². The van der Waals surface area contributed by atoms with Crippen LogP contribution < -0.4 is 10.5 Å². The Morgan fingerprint density at radius 1 is 1.41 bits per heavy atom. The monoisotopic (exact) mass is 301 g/mol. The van der Waals surface area contributed by atoms with E-state index in [4.69, 9.17) is 15.2 Å². The Balaban J connectivity index is 2.85. The van der Waals surface area contributed by atoms with Crippen molar-refractivity contribution >= 4 is 27.4 Å². The maximum atomic E-state index is 11.5. The molecule has 17 heavy (non-hydrogen) atoms. The zero-order valence-electron chi connectivity index (χ0n) is 9.96. The van der Waals surface area contributed by atoms with Crippen LogP contribution in [0.15, 0.2) is 16.6 Å². The normalized spacial score (nSPS) is 10.3. The van der Waals surface area contributed by atoms with Crippen LogP contribution in [0.2, 0.25) is 0 Å². The lowest BCUT2D eigenvalue weighted by Crippen LogP contribution is -2.10. The molecule has 1 aromatic rings. The summed E-state index contributed by atoms with van der Waals surface area (Å²) in [5.74, 6) is 0.352. The molecule has 0 saturated heterocycles. The number of halogens is 1. The molecule has 2 N–H and O–H groups in total. The van der Waals surface area contributed by atoms with Crippen LogP contribution >= 0.6 is 15.9 Å². The highest BCUT2D eigenvalue weighted by atomic mass is 79.9. The number of anilines is 1. The van der Waals surface area contributed by atoms with Crippen LogP contribution in [0, 0.1) is 0 Å². The third-order valence-electron chi connectivity index (χ3n) is 2.14. The standard InChI is InChI=1S/C12H16BrNO3/c1-3-16-4-5-17-12-10(8(2)15)6-9(13)7-11(12)14/h6-7H,3-5,14H2,1-2H3. The van der Waals surface area contributed by atoms with Crippen molar-refractivity contribution in [1.29, 1.82) is 0 Å². The quantitative estimate of drug-likeness (QED) is 0.498. The first-order valence-corrected chi connectivity index (χ1v) is 6.16. The van der Waals surface area contributed by atoms with Gasteiger partial charge in [0.1, 0.15) is 6.61 Å². The van der Waals surface area contributed by atoms with Gasteiger partial charge in [-0.05, 0) is 26.0 Å². The molecule has 0 atom stereocenters. The second-order valence-corrected chi connectivity index (χ2v) is 4.39. The Bertz CT molecular complexity index is 407. The largest absolute Gasteiger partial charge is 0.488 e. The molecule has 0 fully saturated rings. The summed E-state index contributed by atoms with van der Waals surface area (Å²) in [6.07, 6.45) is 0. The zero-order valence-corrected chi connectivity index (χ0v) is 11.5. The average Bonchev–Trinajstić information content (AvgIpc) is 2.25. The molecule has 4 nitrogen and oxygen atoms in total. The molecule has 0 heterocycles. The summed E-state index contributed by atoms with van der Waals surface area (Å²) >= 11 is 3.30. The number of nitrogens with two attached hydrogens (primary N) is 1. The van der Waals surface area contributed by atoms with Crippen LogP contribution in [0.25, 0.3) is 0 Å². The number of rotatable bonds is 6. The van der Waals surface area contributed by atoms with Gasteiger partial charge < -0.3 is 15.2 Å². The van der Waals surface area contributed by atoms with Gasteiger partial charge in [0.2, 0.25) is 0 Å². The van der Waals surface area contributed by atoms with Gasteiger partial charge in [0, 0.05) is 11.1 Å². The zero-order chi connectivity index (χ0) is 12.8. The highest BCUT2D eigenvalue weighted by Gasteiger charge is 2.13. The van der Waals surface area contributed by atoms with E-state index in [-0.39, 0.29) is 5.78 Å². The van der Waals surface area contributed by atoms with Crippen molar-refractivity contribution in [2.45, 2.75) is 13.8 Å². The third kappa shape index (κ3) is 4.02. The number of ether oxygens (including phenoxy) is 2. The van der Waals surface area contributed by atoms with Gasteiger partial charge in [-0.25, -0.2) is 0 Å². The minimum Gasteiger partial charge on any atom is -0.488 e. The first-order chi connectivity index (χ1) is 8.06. The molecule has 1 aromatic carbocycles. The van der Waals surface area contributed by atoms with Crippen molar-refractivity contribution in [2.24, 2.45) is 0 Å². The van der Waals surface area contributed by atoms with E-state index in [1.54, 1.807) is 12.1 Å². The fourth-order valence-electron chi connectivity index (χ4n) is 1.38. The fraction of sp³-hybridized carbons (Fsp3) is 0.417. The number of benzene rings is 1. The predicted octanol–water partition coefficient (Wildman–Crippen LogP) is 2.65. The van der Waals surface area contributed by atoms with Crippen LogP contribution in [0.1, 0.15) is 24.2 Å². The molecular formula is C12H16BrNO3. The summed E-state index contributed by atoms with van der Waals surface area (Å²) in [5, 5.41) is 0. The molecule has 0 spiro atoms. The minimum absolute atomic E-state index is 0.0793. The average molecular weight is 302 g/mol. The highest BCUT2D eigenvalue weighted by molar-refractivity contribution is 9.10. The molecule has 1 rings (SSSR count). The summed E-state index contributed by atoms with van der Waals surface area (Å²) < 4.78 is 11.4. The number of hydrogen-bond donors (Lipinski definition) is 1. The van der Waals surface area contributed by atoms with Gasteiger partial charge in [0.15, 0.2) is 11.5 Å². The van der Waals surface area contributed by atoms with Crippen LogP contribution in [0.3, 0.4) is 0 Å². The lowest BCUT2D eigenvalue weighted by Gasteiger charge is -2.13. The molecule has 0 aliphatic rings. The number of carbonyl (C=O) groups is 1. The molecule has 0 radical (unpaired) electrons. The van der Waals surface area contributed by atoms with E-state index in [9.17, 15) is 4.79 Å². The molecule has 5 heteroatoms. The maximum Gasteiger partial charge on any atom is 0.163 e. The topological polar surface area (TPSA) is 61.6 Å². The van der Waals surface area contributed by atoms with Gasteiger partial charge >= 0.3 is 0 Å². The minimum atomic E-state index is -0.0793. The molecular weight excluding hydrogens is 286 g/mol. The molecule has 0 aliphatic heterocycles. The first kappa shape index (κ1) is 14.0. The van der Waals surface area contributed by atoms with Crippen LogP contribution in [-0.2, 0) is 4.74 Å². The molecule has 0 bridgehead atoms. The second-order valence-electron chi connectivity index (χ2n) is 3.47. The molecule has 0 aliphatic carbocycles. The predicted molar refractivity (Wildman–Crippen MR) is 70.5 cm³/mol. The van der Waals surface area contributed by atoms with Crippen LogP contribution in [0.5, 0.6) is 5.75 Å². The summed E-state index contributed by atoms with van der Waals surface area (Å²) in [7, 11) is 0. The lowest BCUT2D eigenvalue weighted by molar-refractivity contribution is 0.0991. The van der Waals surface area contributed by atoms with Crippen molar-refractivity contribution in [2.75, 3.05) is 25.6 Å². The Hall–Kier alpha value is -1.07. The van der Waals surface area contributed by atoms with Gasteiger partial charge in [-0.2, -0.15) is 0 Å². The van der Waals surface area contributed by atoms with Crippen molar-refractivity contribution in [3.05, 3.63) is 22.2 Å². The Labute approximate surface area is 109 Å². The van der Waals surface area contributed by atoms with Crippen molar-refractivity contribution in [3.8, 4) is 5.75 Å². The summed E-state index contributed by atoms with van der Waals surface area (Å²) in [4.78, 5) is 11.5. The van der Waals surface area contributed by atoms with E-state index in [1.165, 1.54) is 6.92 Å². The smallest absolute Gasteiger partial charge is 0.163 e. The maximum absolute atomic E-state index is 11.5. The van der Waals surface area contributed by atoms with Gasteiger partial charge in [0.25, 0.3) is 0 Å². The van der Waals surface area contributed by atoms with Gasteiger partial charge in [0.05, 0.1) is 17.9 Å². The third-order valence-corrected chi connectivity index (χ3v) is 2.60. The molecule has 0 amide bonds. The van der Waals surface area contributed by atoms with Gasteiger partial charge in [-0.1, -0.05) is 15.9 Å². The Kier molecular flexibility index (Phi) is 5.44. The summed E-state index contributed by atoms with van der Waals surface area (Å²) in [6.45, 7) is 4.88. The Morgan fingerprint density at radius 3 is 2.71 bits per heavy atom. The van der Waals surface area contributed by atoms with E-state index in [2.05, 4.69) is 15.9 Å². The van der Waals surface area contributed by atoms with Crippen LogP contribution in [-0.4, -0.2) is 25.6 Å². The number of hydrogen-bond acceptors (Lipinski definition) is 4. The summed E-state index contributed by atoms with van der Waals surface area (Å²) in [5.41, 5.74) is 6.75. The first-order valence-electron chi connectivity index (χ1n) is 5.36. The van der Waals surface area contributed by atoms with Crippen molar-refractivity contribution in [1.82, 2.24) is 0 Å². The second kappa shape index (κ2) is 6.61. The molecule has 0 unspecified atom stereocenters. The SMILES string of the molecule is CCOCCOc1c(N)cc(Br)cc1C(C)=O.